The number of carboxylic acids is 1. The van der Waals surface area contributed by atoms with Crippen molar-refractivity contribution in [3.8, 4) is 0 Å². The first-order valence-corrected chi connectivity index (χ1v) is 11.7. The van der Waals surface area contributed by atoms with Crippen molar-refractivity contribution in [1.29, 1.82) is 0 Å². The molecule has 0 aliphatic carbocycles. The molecule has 1 heterocycles. The van der Waals surface area contributed by atoms with Gasteiger partial charge in [0.05, 0.1) is 22.8 Å². The molecule has 10 heteroatoms. The molecule has 0 spiro atoms. The summed E-state index contributed by atoms with van der Waals surface area (Å²) in [7, 11) is -3.88. The number of sulfonamides is 1. The molecule has 0 radical (unpaired) electrons. The highest BCUT2D eigenvalue weighted by atomic mass is 32.2. The standard InChI is InChI=1S/C22H27N3O6S/c1-4-31-22(28)25-11-9-24(10-12-25)19-8-7-17(14-18(19)21(26)27)23-32(29,30)20-13-15(2)5-6-16(20)3/h5-8,13-14,23H,4,9-12H2,1-3H3,(H,26,27). The number of rotatable bonds is 6. The SMILES string of the molecule is CCOC(=O)N1CCN(c2ccc(NS(=O)(=O)c3cc(C)ccc3C)cc2C(=O)O)CC1. The van der Waals surface area contributed by atoms with Crippen molar-refractivity contribution in [2.75, 3.05) is 42.4 Å². The van der Waals surface area contributed by atoms with Gasteiger partial charge in [0.2, 0.25) is 0 Å². The Morgan fingerprint density at radius 3 is 2.38 bits per heavy atom. The van der Waals surface area contributed by atoms with E-state index in [4.69, 9.17) is 4.74 Å². The summed E-state index contributed by atoms with van der Waals surface area (Å²) in [6, 6.07) is 9.58. The monoisotopic (exact) mass is 461 g/mol. The molecule has 172 valence electrons. The molecule has 1 aliphatic rings. The number of aryl methyl sites for hydroxylation is 2. The molecular formula is C22H27N3O6S. The zero-order chi connectivity index (χ0) is 23.5. The van der Waals surface area contributed by atoms with Crippen LogP contribution in [0.4, 0.5) is 16.2 Å². The largest absolute Gasteiger partial charge is 0.478 e. The van der Waals surface area contributed by atoms with Gasteiger partial charge in [-0.15, -0.1) is 0 Å². The molecule has 2 N–H and O–H groups in total. The highest BCUT2D eigenvalue weighted by molar-refractivity contribution is 7.92. The fraction of sp³-hybridized carbons (Fsp3) is 0.364. The predicted molar refractivity (Wildman–Crippen MR) is 121 cm³/mol. The number of carbonyl (C=O) groups excluding carboxylic acids is 1. The summed E-state index contributed by atoms with van der Waals surface area (Å²) in [5.41, 5.74) is 2.01. The number of benzene rings is 2. The molecule has 2 aromatic rings. The van der Waals surface area contributed by atoms with Gasteiger partial charge in [0, 0.05) is 31.9 Å². The summed E-state index contributed by atoms with van der Waals surface area (Å²) in [5.74, 6) is -1.17. The topological polar surface area (TPSA) is 116 Å². The molecule has 3 rings (SSSR count). The average molecular weight is 462 g/mol. The van der Waals surface area contributed by atoms with Gasteiger partial charge in [-0.05, 0) is 56.2 Å². The van der Waals surface area contributed by atoms with Gasteiger partial charge >= 0.3 is 12.1 Å². The van der Waals surface area contributed by atoms with E-state index >= 15 is 0 Å². The van der Waals surface area contributed by atoms with Crippen LogP contribution < -0.4 is 9.62 Å². The van der Waals surface area contributed by atoms with E-state index in [0.29, 0.717) is 44.0 Å². The third-order valence-electron chi connectivity index (χ3n) is 5.26. The highest BCUT2D eigenvalue weighted by Gasteiger charge is 2.25. The van der Waals surface area contributed by atoms with Crippen LogP contribution in [0.2, 0.25) is 0 Å². The van der Waals surface area contributed by atoms with Gasteiger partial charge in [-0.25, -0.2) is 18.0 Å². The van der Waals surface area contributed by atoms with Crippen LogP contribution in [0.3, 0.4) is 0 Å². The Balaban J connectivity index is 1.82. The first-order chi connectivity index (χ1) is 15.1. The summed E-state index contributed by atoms with van der Waals surface area (Å²) in [6.07, 6.45) is -0.387. The van der Waals surface area contributed by atoms with Gasteiger partial charge in [0.1, 0.15) is 0 Å². The van der Waals surface area contributed by atoms with Crippen molar-refractivity contribution < 1.29 is 27.9 Å². The Bertz CT molecular complexity index is 1120. The lowest BCUT2D eigenvalue weighted by Crippen LogP contribution is -2.49. The van der Waals surface area contributed by atoms with Crippen LogP contribution in [-0.2, 0) is 14.8 Å². The number of carboxylic acid groups (broad SMARTS) is 1. The van der Waals surface area contributed by atoms with E-state index < -0.39 is 16.0 Å². The van der Waals surface area contributed by atoms with Crippen molar-refractivity contribution in [3.63, 3.8) is 0 Å². The second-order valence-corrected chi connectivity index (χ2v) is 9.24. The second-order valence-electron chi connectivity index (χ2n) is 7.58. The zero-order valence-electron chi connectivity index (χ0n) is 18.3. The van der Waals surface area contributed by atoms with Crippen molar-refractivity contribution in [1.82, 2.24) is 4.90 Å². The fourth-order valence-electron chi connectivity index (χ4n) is 3.60. The lowest BCUT2D eigenvalue weighted by Gasteiger charge is -2.36. The van der Waals surface area contributed by atoms with E-state index in [0.717, 1.165) is 5.56 Å². The van der Waals surface area contributed by atoms with Crippen molar-refractivity contribution in [3.05, 3.63) is 53.1 Å². The van der Waals surface area contributed by atoms with Crippen LogP contribution in [0.5, 0.6) is 0 Å². The average Bonchev–Trinajstić information content (AvgIpc) is 2.75. The van der Waals surface area contributed by atoms with Crippen LogP contribution in [0.25, 0.3) is 0 Å². The van der Waals surface area contributed by atoms with Gasteiger partial charge in [-0.3, -0.25) is 4.72 Å². The Morgan fingerprint density at radius 1 is 1.06 bits per heavy atom. The minimum Gasteiger partial charge on any atom is -0.478 e. The minimum atomic E-state index is -3.88. The molecular weight excluding hydrogens is 434 g/mol. The molecule has 1 saturated heterocycles. The van der Waals surface area contributed by atoms with Crippen LogP contribution in [-0.4, -0.2) is 63.3 Å². The summed E-state index contributed by atoms with van der Waals surface area (Å²) >= 11 is 0. The molecule has 2 aromatic carbocycles. The van der Waals surface area contributed by atoms with Crippen molar-refractivity contribution in [2.24, 2.45) is 0 Å². The van der Waals surface area contributed by atoms with Gasteiger partial charge in [0.15, 0.2) is 0 Å². The smallest absolute Gasteiger partial charge is 0.409 e. The number of nitrogens with zero attached hydrogens (tertiary/aromatic N) is 2. The third-order valence-corrected chi connectivity index (χ3v) is 6.78. The number of hydrogen-bond acceptors (Lipinski definition) is 6. The number of anilines is 2. The van der Waals surface area contributed by atoms with E-state index in [1.807, 2.05) is 11.0 Å². The van der Waals surface area contributed by atoms with Gasteiger partial charge < -0.3 is 19.6 Å². The maximum atomic E-state index is 12.9. The predicted octanol–water partition coefficient (Wildman–Crippen LogP) is 3.08. The Labute approximate surface area is 187 Å². The quantitative estimate of drug-likeness (QED) is 0.679. The molecule has 0 saturated carbocycles. The normalized spacial score (nSPS) is 14.2. The van der Waals surface area contributed by atoms with Gasteiger partial charge in [0.25, 0.3) is 10.0 Å². The van der Waals surface area contributed by atoms with Gasteiger partial charge in [-0.1, -0.05) is 12.1 Å². The lowest BCUT2D eigenvalue weighted by atomic mass is 10.1. The lowest BCUT2D eigenvalue weighted by molar-refractivity contribution is 0.0696. The zero-order valence-corrected chi connectivity index (χ0v) is 19.1. The maximum Gasteiger partial charge on any atom is 0.409 e. The Morgan fingerprint density at radius 2 is 1.75 bits per heavy atom. The number of amides is 1. The number of piperazine rings is 1. The minimum absolute atomic E-state index is 0.0178. The maximum absolute atomic E-state index is 12.9. The van der Waals surface area contributed by atoms with Crippen LogP contribution in [0.15, 0.2) is 41.3 Å². The second kappa shape index (κ2) is 9.47. The summed E-state index contributed by atoms with van der Waals surface area (Å²) in [6.45, 7) is 7.22. The van der Waals surface area contributed by atoms with Crippen molar-refractivity contribution in [2.45, 2.75) is 25.7 Å². The van der Waals surface area contributed by atoms with Crippen LogP contribution in [0, 0.1) is 13.8 Å². The first-order valence-electron chi connectivity index (χ1n) is 10.3. The number of hydrogen-bond donors (Lipinski definition) is 2. The molecule has 0 unspecified atom stereocenters. The van der Waals surface area contributed by atoms with E-state index in [1.165, 1.54) is 6.07 Å². The Kier molecular flexibility index (Phi) is 6.93. The molecule has 9 nitrogen and oxygen atoms in total. The highest BCUT2D eigenvalue weighted by Crippen LogP contribution is 2.28. The number of carbonyl (C=O) groups is 2. The molecule has 1 fully saturated rings. The third kappa shape index (κ3) is 5.13. The molecule has 1 aliphatic heterocycles. The van der Waals surface area contributed by atoms with E-state index in [1.54, 1.807) is 49.9 Å². The molecule has 0 aromatic heterocycles. The number of aromatic carboxylic acids is 1. The van der Waals surface area contributed by atoms with Crippen molar-refractivity contribution >= 4 is 33.5 Å². The van der Waals surface area contributed by atoms with E-state index in [-0.39, 0.29) is 22.2 Å². The van der Waals surface area contributed by atoms with Crippen LogP contribution >= 0.6 is 0 Å². The number of ether oxygens (including phenoxy) is 1. The molecule has 0 atom stereocenters. The summed E-state index contributed by atoms with van der Waals surface area (Å²) < 4.78 is 33.2. The van der Waals surface area contributed by atoms with Gasteiger partial charge in [-0.2, -0.15) is 0 Å². The van der Waals surface area contributed by atoms with E-state index in [9.17, 15) is 23.1 Å². The summed E-state index contributed by atoms with van der Waals surface area (Å²) in [4.78, 5) is 27.4. The van der Waals surface area contributed by atoms with E-state index in [2.05, 4.69) is 4.72 Å². The number of nitrogens with one attached hydrogen (secondary N) is 1. The molecule has 32 heavy (non-hydrogen) atoms. The first kappa shape index (κ1) is 23.4. The summed E-state index contributed by atoms with van der Waals surface area (Å²) in [5, 5.41) is 9.74. The molecule has 0 bridgehead atoms. The Hall–Kier alpha value is -3.27. The van der Waals surface area contributed by atoms with Crippen LogP contribution in [0.1, 0.15) is 28.4 Å². The molecule has 1 amide bonds. The fourth-order valence-corrected chi connectivity index (χ4v) is 4.98.